The van der Waals surface area contributed by atoms with Crippen molar-refractivity contribution in [3.05, 3.63) is 47.1 Å². The average Bonchev–Trinajstić information content (AvgIpc) is 3.36. The summed E-state index contributed by atoms with van der Waals surface area (Å²) in [6.07, 6.45) is 3.51. The quantitative estimate of drug-likeness (QED) is 0.663. The van der Waals surface area contributed by atoms with E-state index in [1.54, 1.807) is 35.5 Å². The summed E-state index contributed by atoms with van der Waals surface area (Å²) in [5, 5.41) is 7.44. The van der Waals surface area contributed by atoms with E-state index < -0.39 is 0 Å². The molecule has 0 aliphatic carbocycles. The van der Waals surface area contributed by atoms with Crippen molar-refractivity contribution in [2.24, 2.45) is 7.05 Å². The maximum absolute atomic E-state index is 13.1. The molecule has 8 heteroatoms. The van der Waals surface area contributed by atoms with Gasteiger partial charge in [-0.2, -0.15) is 5.10 Å². The van der Waals surface area contributed by atoms with Crippen LogP contribution in [0.3, 0.4) is 0 Å². The summed E-state index contributed by atoms with van der Waals surface area (Å²) in [4.78, 5) is 21.5. The second kappa shape index (κ2) is 7.27. The molecule has 4 heterocycles. The number of amides is 1. The zero-order valence-corrected chi connectivity index (χ0v) is 18.1. The van der Waals surface area contributed by atoms with Gasteiger partial charge in [-0.25, -0.2) is 4.98 Å². The molecule has 1 aliphatic heterocycles. The van der Waals surface area contributed by atoms with E-state index in [4.69, 9.17) is 4.74 Å². The van der Waals surface area contributed by atoms with Crippen molar-refractivity contribution in [3.8, 4) is 10.4 Å². The van der Waals surface area contributed by atoms with Gasteiger partial charge in [-0.05, 0) is 44.5 Å². The van der Waals surface area contributed by atoms with Gasteiger partial charge in [0.25, 0.3) is 5.91 Å². The molecule has 1 amide bonds. The van der Waals surface area contributed by atoms with Crippen molar-refractivity contribution < 1.29 is 9.53 Å². The Morgan fingerprint density at radius 2 is 2.07 bits per heavy atom. The second-order valence-corrected chi connectivity index (χ2v) is 8.82. The zero-order chi connectivity index (χ0) is 20.8. The van der Waals surface area contributed by atoms with Crippen LogP contribution >= 0.6 is 11.3 Å². The van der Waals surface area contributed by atoms with Gasteiger partial charge in [0.2, 0.25) is 0 Å². The van der Waals surface area contributed by atoms with Crippen LogP contribution in [0.2, 0.25) is 0 Å². The molecule has 0 saturated carbocycles. The summed E-state index contributed by atoms with van der Waals surface area (Å²) >= 11 is 1.67. The van der Waals surface area contributed by atoms with Gasteiger partial charge in [0.05, 0.1) is 23.4 Å². The molecule has 0 radical (unpaired) electrons. The Labute approximate surface area is 174 Å². The fourth-order valence-corrected chi connectivity index (χ4v) is 4.85. The van der Waals surface area contributed by atoms with Crippen LogP contribution in [-0.4, -0.2) is 45.3 Å². The summed E-state index contributed by atoms with van der Waals surface area (Å²) in [6, 6.07) is 7.86. The summed E-state index contributed by atoms with van der Waals surface area (Å²) in [5.74, 6) is 1.67. The van der Waals surface area contributed by atoms with Gasteiger partial charge in [-0.1, -0.05) is 0 Å². The smallest absolute Gasteiger partial charge is 0.255 e. The fraction of sp³-hybridized carbons (Fsp3) is 0.381. The monoisotopic (exact) mass is 411 g/mol. The predicted molar refractivity (Wildman–Crippen MR) is 115 cm³/mol. The van der Waals surface area contributed by atoms with Gasteiger partial charge >= 0.3 is 0 Å². The zero-order valence-electron chi connectivity index (χ0n) is 17.3. The number of thiophene rings is 1. The fourth-order valence-electron chi connectivity index (χ4n) is 3.59. The Morgan fingerprint density at radius 3 is 2.72 bits per heavy atom. The molecule has 0 fully saturated rings. The van der Waals surface area contributed by atoms with Crippen molar-refractivity contribution in [1.29, 1.82) is 0 Å². The molecule has 7 nitrogen and oxygen atoms in total. The normalized spacial score (nSPS) is 16.2. The number of fused-ring (bicyclic) bond motifs is 1. The topological polar surface area (TPSA) is 72.3 Å². The number of carbonyl (C=O) groups is 1. The number of rotatable bonds is 6. The molecule has 3 aromatic rings. The number of ether oxygens (including phenoxy) is 1. The number of pyridine rings is 1. The third kappa shape index (κ3) is 3.42. The van der Waals surface area contributed by atoms with Gasteiger partial charge in [-0.3, -0.25) is 9.48 Å². The minimum absolute atomic E-state index is 0.00691. The molecule has 4 rings (SSSR count). The number of aryl methyl sites for hydroxylation is 1. The van der Waals surface area contributed by atoms with Crippen LogP contribution in [0.25, 0.3) is 10.4 Å². The van der Waals surface area contributed by atoms with Gasteiger partial charge in [0.15, 0.2) is 0 Å². The van der Waals surface area contributed by atoms with Crippen molar-refractivity contribution in [3.63, 3.8) is 0 Å². The molecule has 1 atom stereocenters. The van der Waals surface area contributed by atoms with Crippen LogP contribution in [-0.2, 0) is 17.3 Å². The lowest BCUT2D eigenvalue weighted by atomic mass is 10.0. The van der Waals surface area contributed by atoms with Gasteiger partial charge < -0.3 is 15.0 Å². The number of nitrogens with one attached hydrogen (secondary N) is 1. The van der Waals surface area contributed by atoms with Crippen LogP contribution in [0.5, 0.6) is 0 Å². The minimum Gasteiger partial charge on any atom is -0.380 e. The van der Waals surface area contributed by atoms with Crippen molar-refractivity contribution in [2.45, 2.75) is 32.4 Å². The molecule has 29 heavy (non-hydrogen) atoms. The maximum Gasteiger partial charge on any atom is 0.255 e. The summed E-state index contributed by atoms with van der Waals surface area (Å²) in [7, 11) is 3.55. The molecule has 0 saturated heterocycles. The largest absolute Gasteiger partial charge is 0.380 e. The van der Waals surface area contributed by atoms with Crippen molar-refractivity contribution >= 4 is 28.9 Å². The highest BCUT2D eigenvalue weighted by molar-refractivity contribution is 7.16. The summed E-state index contributed by atoms with van der Waals surface area (Å²) < 4.78 is 7.13. The van der Waals surface area contributed by atoms with Crippen LogP contribution in [0.4, 0.5) is 11.6 Å². The number of hydrogen-bond donors (Lipinski definition) is 1. The van der Waals surface area contributed by atoms with Gasteiger partial charge in [-0.15, -0.1) is 11.3 Å². The predicted octanol–water partition coefficient (Wildman–Crippen LogP) is 4.01. The maximum atomic E-state index is 13.1. The van der Waals surface area contributed by atoms with E-state index in [0.717, 1.165) is 32.5 Å². The number of hydrogen-bond acceptors (Lipinski definition) is 6. The number of nitrogens with zero attached hydrogens (tertiary/aromatic N) is 4. The van der Waals surface area contributed by atoms with E-state index in [-0.39, 0.29) is 17.6 Å². The molecule has 152 valence electrons. The average molecular weight is 412 g/mol. The first-order valence-corrected chi connectivity index (χ1v) is 10.3. The highest BCUT2D eigenvalue weighted by Crippen LogP contribution is 2.46. The van der Waals surface area contributed by atoms with E-state index >= 15 is 0 Å². The SMILES string of the molecule is CO[C@H](C)CN1C(=O)c2cc(-c3ccnc(Nc4ccnn4C)c3)sc2C1(C)C. The highest BCUT2D eigenvalue weighted by atomic mass is 32.1. The first kappa shape index (κ1) is 19.6. The third-order valence-electron chi connectivity index (χ3n) is 5.40. The molecule has 0 spiro atoms. The molecule has 1 aliphatic rings. The van der Waals surface area contributed by atoms with Crippen LogP contribution in [0, 0.1) is 0 Å². The van der Waals surface area contributed by atoms with E-state index in [1.807, 2.05) is 43.1 Å². The van der Waals surface area contributed by atoms with E-state index in [1.165, 1.54) is 0 Å². The Hall–Kier alpha value is -2.71. The lowest BCUT2D eigenvalue weighted by Gasteiger charge is -2.33. The van der Waals surface area contributed by atoms with Crippen LogP contribution in [0.1, 0.15) is 36.0 Å². The van der Waals surface area contributed by atoms with Crippen molar-refractivity contribution in [2.75, 3.05) is 19.0 Å². The van der Waals surface area contributed by atoms with E-state index in [2.05, 4.69) is 29.2 Å². The van der Waals surface area contributed by atoms with Gasteiger partial charge in [0.1, 0.15) is 11.6 Å². The lowest BCUT2D eigenvalue weighted by Crippen LogP contribution is -2.43. The Morgan fingerprint density at radius 1 is 1.28 bits per heavy atom. The Kier molecular flexibility index (Phi) is 4.92. The molecular weight excluding hydrogens is 386 g/mol. The molecule has 3 aromatic heterocycles. The lowest BCUT2D eigenvalue weighted by molar-refractivity contribution is 0.0329. The van der Waals surface area contributed by atoms with Crippen molar-refractivity contribution in [1.82, 2.24) is 19.7 Å². The first-order chi connectivity index (χ1) is 13.8. The molecular formula is C21H25N5O2S. The van der Waals surface area contributed by atoms with Gasteiger partial charge in [0, 0.05) is 42.7 Å². The Bertz CT molecular complexity index is 1060. The molecule has 0 bridgehead atoms. The Balaban J connectivity index is 1.63. The third-order valence-corrected chi connectivity index (χ3v) is 6.90. The van der Waals surface area contributed by atoms with Crippen LogP contribution < -0.4 is 5.32 Å². The highest BCUT2D eigenvalue weighted by Gasteiger charge is 2.45. The number of carbonyl (C=O) groups excluding carboxylic acids is 1. The van der Waals surface area contributed by atoms with E-state index in [9.17, 15) is 4.79 Å². The second-order valence-electron chi connectivity index (χ2n) is 7.77. The first-order valence-electron chi connectivity index (χ1n) is 9.51. The molecule has 0 aromatic carbocycles. The number of methoxy groups -OCH3 is 1. The minimum atomic E-state index is -0.356. The molecule has 1 N–H and O–H groups in total. The standard InChI is InChI=1S/C21H25N5O2S/c1-13(28-5)12-26-20(27)15-11-16(29-19(15)21(26,2)3)14-6-8-22-17(10-14)24-18-7-9-23-25(18)4/h6-11,13H,12H2,1-5H3,(H,22,24)/t13-/m1/s1. The summed E-state index contributed by atoms with van der Waals surface area (Å²) in [6.45, 7) is 6.75. The summed E-state index contributed by atoms with van der Waals surface area (Å²) in [5.41, 5.74) is 1.46. The number of aromatic nitrogens is 3. The van der Waals surface area contributed by atoms with Crippen LogP contribution in [0.15, 0.2) is 36.7 Å². The number of anilines is 2. The van der Waals surface area contributed by atoms with E-state index in [0.29, 0.717) is 6.54 Å². The molecule has 0 unspecified atom stereocenters.